The third kappa shape index (κ3) is 6.67. The zero-order valence-corrected chi connectivity index (χ0v) is 11.3. The number of hydrogen-bond acceptors (Lipinski definition) is 3. The monoisotopic (exact) mass is 241 g/mol. The highest BCUT2D eigenvalue weighted by atomic mass is 16.5. The van der Waals surface area contributed by atoms with Crippen molar-refractivity contribution in [3.05, 3.63) is 0 Å². The fourth-order valence-corrected chi connectivity index (χ4v) is 2.32. The van der Waals surface area contributed by atoms with E-state index in [9.17, 15) is 4.79 Å². The normalized spacial score (nSPS) is 21.4. The van der Waals surface area contributed by atoms with Crippen molar-refractivity contribution in [1.29, 1.82) is 0 Å². The van der Waals surface area contributed by atoms with Crippen LogP contribution in [0.3, 0.4) is 0 Å². The van der Waals surface area contributed by atoms with E-state index in [0.717, 1.165) is 19.4 Å². The molecule has 100 valence electrons. The quantitative estimate of drug-likeness (QED) is 0.524. The summed E-state index contributed by atoms with van der Waals surface area (Å²) in [4.78, 5) is 11.6. The molecule has 0 radical (unpaired) electrons. The van der Waals surface area contributed by atoms with Crippen LogP contribution < -0.4 is 5.32 Å². The van der Waals surface area contributed by atoms with Crippen molar-refractivity contribution in [2.75, 3.05) is 6.54 Å². The van der Waals surface area contributed by atoms with Crippen molar-refractivity contribution < 1.29 is 9.53 Å². The zero-order chi connectivity index (χ0) is 12.5. The van der Waals surface area contributed by atoms with Crippen molar-refractivity contribution >= 4 is 5.97 Å². The van der Waals surface area contributed by atoms with Gasteiger partial charge < -0.3 is 10.1 Å². The predicted octanol–water partition coefficient (Wildman–Crippen LogP) is 3.03. The van der Waals surface area contributed by atoms with Gasteiger partial charge in [0.2, 0.25) is 0 Å². The third-order valence-electron chi connectivity index (χ3n) is 3.37. The first-order valence-electron chi connectivity index (χ1n) is 7.15. The zero-order valence-electron chi connectivity index (χ0n) is 11.3. The Hall–Kier alpha value is -0.570. The molecule has 0 amide bonds. The molecule has 3 heteroatoms. The topological polar surface area (TPSA) is 38.3 Å². The van der Waals surface area contributed by atoms with Crippen LogP contribution in [0.2, 0.25) is 0 Å². The highest BCUT2D eigenvalue weighted by Gasteiger charge is 2.19. The Morgan fingerprint density at radius 3 is 2.88 bits per heavy atom. The van der Waals surface area contributed by atoms with E-state index in [1.165, 1.54) is 32.1 Å². The van der Waals surface area contributed by atoms with Gasteiger partial charge >= 0.3 is 5.97 Å². The summed E-state index contributed by atoms with van der Waals surface area (Å²) >= 11 is 0. The van der Waals surface area contributed by atoms with Gasteiger partial charge in [-0.15, -0.1) is 0 Å². The summed E-state index contributed by atoms with van der Waals surface area (Å²) in [6.45, 7) is 5.26. The molecule has 2 unspecified atom stereocenters. The van der Waals surface area contributed by atoms with E-state index < -0.39 is 0 Å². The number of hydrogen-bond donors (Lipinski definition) is 1. The Morgan fingerprint density at radius 2 is 2.24 bits per heavy atom. The van der Waals surface area contributed by atoms with Gasteiger partial charge in [-0.25, -0.2) is 0 Å². The van der Waals surface area contributed by atoms with Gasteiger partial charge in [-0.05, 0) is 39.2 Å². The van der Waals surface area contributed by atoms with Crippen LogP contribution in [0.1, 0.15) is 65.2 Å². The second-order valence-corrected chi connectivity index (χ2v) is 5.15. The minimum atomic E-state index is -0.0348. The van der Waals surface area contributed by atoms with Gasteiger partial charge in [0.25, 0.3) is 0 Å². The minimum Gasteiger partial charge on any atom is -0.463 e. The number of ether oxygens (including phenoxy) is 1. The van der Waals surface area contributed by atoms with E-state index >= 15 is 0 Å². The molecular weight excluding hydrogens is 214 g/mol. The van der Waals surface area contributed by atoms with Gasteiger partial charge in [0.15, 0.2) is 0 Å². The highest BCUT2D eigenvalue weighted by Crippen LogP contribution is 2.12. The largest absolute Gasteiger partial charge is 0.463 e. The third-order valence-corrected chi connectivity index (χ3v) is 3.37. The van der Waals surface area contributed by atoms with Crippen LogP contribution in [-0.2, 0) is 9.53 Å². The van der Waals surface area contributed by atoms with E-state index in [1.807, 2.05) is 6.92 Å². The molecule has 0 spiro atoms. The van der Waals surface area contributed by atoms with Crippen molar-refractivity contribution in [2.45, 2.75) is 77.4 Å². The van der Waals surface area contributed by atoms with Gasteiger partial charge in [-0.3, -0.25) is 4.79 Å². The van der Waals surface area contributed by atoms with Gasteiger partial charge in [0.1, 0.15) is 0 Å². The summed E-state index contributed by atoms with van der Waals surface area (Å²) in [5.41, 5.74) is 0. The standard InChI is InChI=1S/C14H27NO2/c1-3-4-5-6-8-12(2)17-14(16)11-13-9-7-10-15-13/h12-13,15H,3-11H2,1-2H3. The molecule has 0 aliphatic carbocycles. The Morgan fingerprint density at radius 1 is 1.41 bits per heavy atom. The first-order chi connectivity index (χ1) is 8.22. The molecule has 0 aromatic rings. The first-order valence-corrected chi connectivity index (χ1v) is 7.15. The maximum Gasteiger partial charge on any atom is 0.307 e. The van der Waals surface area contributed by atoms with E-state index in [4.69, 9.17) is 4.74 Å². The highest BCUT2D eigenvalue weighted by molar-refractivity contribution is 5.70. The molecule has 17 heavy (non-hydrogen) atoms. The number of unbranched alkanes of at least 4 members (excludes halogenated alkanes) is 3. The van der Waals surface area contributed by atoms with Crippen LogP contribution in [0.5, 0.6) is 0 Å². The molecule has 1 heterocycles. The van der Waals surface area contributed by atoms with Crippen molar-refractivity contribution in [3.63, 3.8) is 0 Å². The molecule has 0 bridgehead atoms. The summed E-state index contributed by atoms with van der Waals surface area (Å²) in [6, 6.07) is 0.356. The van der Waals surface area contributed by atoms with Gasteiger partial charge in [0.05, 0.1) is 12.5 Å². The van der Waals surface area contributed by atoms with Crippen LogP contribution >= 0.6 is 0 Å². The van der Waals surface area contributed by atoms with E-state index in [0.29, 0.717) is 12.5 Å². The molecular formula is C14H27NO2. The van der Waals surface area contributed by atoms with Gasteiger partial charge in [-0.2, -0.15) is 0 Å². The average Bonchev–Trinajstić information content (AvgIpc) is 2.77. The van der Waals surface area contributed by atoms with Crippen molar-refractivity contribution in [3.8, 4) is 0 Å². The molecule has 3 nitrogen and oxygen atoms in total. The molecule has 0 aromatic heterocycles. The summed E-state index contributed by atoms with van der Waals surface area (Å²) in [5, 5.41) is 3.32. The average molecular weight is 241 g/mol. The Bertz CT molecular complexity index is 212. The number of carbonyl (C=O) groups excluding carboxylic acids is 1. The maximum atomic E-state index is 11.6. The van der Waals surface area contributed by atoms with Crippen LogP contribution in [0.4, 0.5) is 0 Å². The molecule has 1 saturated heterocycles. The summed E-state index contributed by atoms with van der Waals surface area (Å²) in [5.74, 6) is -0.0348. The lowest BCUT2D eigenvalue weighted by Gasteiger charge is -2.15. The molecule has 2 atom stereocenters. The van der Waals surface area contributed by atoms with Crippen LogP contribution in [0, 0.1) is 0 Å². The fourth-order valence-electron chi connectivity index (χ4n) is 2.32. The van der Waals surface area contributed by atoms with Crippen LogP contribution in [0.15, 0.2) is 0 Å². The Kier molecular flexibility index (Phi) is 7.25. The van der Waals surface area contributed by atoms with Crippen molar-refractivity contribution in [2.24, 2.45) is 0 Å². The summed E-state index contributed by atoms with van der Waals surface area (Å²) < 4.78 is 5.41. The van der Waals surface area contributed by atoms with Crippen molar-refractivity contribution in [1.82, 2.24) is 5.32 Å². The predicted molar refractivity (Wildman–Crippen MR) is 70.0 cm³/mol. The second kappa shape index (κ2) is 8.51. The Balaban J connectivity index is 2.03. The lowest BCUT2D eigenvalue weighted by Crippen LogP contribution is -2.27. The van der Waals surface area contributed by atoms with Crippen LogP contribution in [-0.4, -0.2) is 24.7 Å². The number of esters is 1. The number of nitrogens with one attached hydrogen (secondary N) is 1. The molecule has 1 rings (SSSR count). The SMILES string of the molecule is CCCCCCC(C)OC(=O)CC1CCCN1. The molecule has 1 aliphatic rings. The Labute approximate surface area is 105 Å². The molecule has 1 N–H and O–H groups in total. The smallest absolute Gasteiger partial charge is 0.307 e. The maximum absolute atomic E-state index is 11.6. The number of carbonyl (C=O) groups is 1. The summed E-state index contributed by atoms with van der Waals surface area (Å²) in [7, 11) is 0. The van der Waals surface area contributed by atoms with E-state index in [2.05, 4.69) is 12.2 Å². The molecule has 1 aliphatic heterocycles. The van der Waals surface area contributed by atoms with Gasteiger partial charge in [-0.1, -0.05) is 26.2 Å². The second-order valence-electron chi connectivity index (χ2n) is 5.15. The molecule has 0 aromatic carbocycles. The van der Waals surface area contributed by atoms with Gasteiger partial charge in [0, 0.05) is 6.04 Å². The lowest BCUT2D eigenvalue weighted by atomic mass is 10.1. The molecule has 1 fully saturated rings. The fraction of sp³-hybridized carbons (Fsp3) is 0.929. The molecule has 0 saturated carbocycles. The first kappa shape index (κ1) is 14.5. The van der Waals surface area contributed by atoms with E-state index in [1.54, 1.807) is 0 Å². The number of rotatable bonds is 8. The minimum absolute atomic E-state index is 0.0348. The van der Waals surface area contributed by atoms with E-state index in [-0.39, 0.29) is 12.1 Å². The summed E-state index contributed by atoms with van der Waals surface area (Å²) in [6.07, 6.45) is 8.88. The van der Waals surface area contributed by atoms with Crippen LogP contribution in [0.25, 0.3) is 0 Å². The lowest BCUT2D eigenvalue weighted by molar-refractivity contribution is -0.149.